The molecule has 1 atom stereocenters. The summed E-state index contributed by atoms with van der Waals surface area (Å²) in [6.45, 7) is 2.76. The van der Waals surface area contributed by atoms with E-state index in [1.54, 1.807) is 29.3 Å². The van der Waals surface area contributed by atoms with Crippen molar-refractivity contribution < 1.29 is 4.79 Å². The van der Waals surface area contributed by atoms with Gasteiger partial charge in [-0.2, -0.15) is 0 Å². The molecule has 0 saturated heterocycles. The Morgan fingerprint density at radius 1 is 1.12 bits per heavy atom. The highest BCUT2D eigenvalue weighted by atomic mass is 16.2. The van der Waals surface area contributed by atoms with Crippen molar-refractivity contribution in [2.45, 2.75) is 12.8 Å². The molecule has 1 unspecified atom stereocenters. The Morgan fingerprint density at radius 2 is 1.96 bits per heavy atom. The van der Waals surface area contributed by atoms with Crippen molar-refractivity contribution in [1.82, 2.24) is 4.98 Å². The molecular weight excluding hydrogens is 302 g/mol. The molecule has 0 radical (unpaired) electrons. The first-order valence-electron chi connectivity index (χ1n) is 7.93. The van der Waals surface area contributed by atoms with Crippen molar-refractivity contribution in [1.29, 1.82) is 0 Å². The van der Waals surface area contributed by atoms with Crippen molar-refractivity contribution in [3.63, 3.8) is 0 Å². The van der Waals surface area contributed by atoms with Gasteiger partial charge >= 0.3 is 6.03 Å². The Hall–Kier alpha value is -3.08. The molecule has 5 nitrogen and oxygen atoms in total. The highest BCUT2D eigenvalue weighted by molar-refractivity contribution is 6.08. The number of hydrogen-bond donors (Lipinski definition) is 2. The lowest BCUT2D eigenvalue weighted by molar-refractivity contribution is 0.257. The van der Waals surface area contributed by atoms with Crippen molar-refractivity contribution in [2.24, 2.45) is 0 Å². The summed E-state index contributed by atoms with van der Waals surface area (Å²) in [6.07, 6.45) is 1.59. The predicted octanol–water partition coefficient (Wildman–Crippen LogP) is 3.68. The smallest absolute Gasteiger partial charge is 0.326 e. The summed E-state index contributed by atoms with van der Waals surface area (Å²) >= 11 is 0. The molecule has 0 saturated carbocycles. The summed E-state index contributed by atoms with van der Waals surface area (Å²) in [5, 5.41) is 4.24. The molecule has 120 valence electrons. The van der Waals surface area contributed by atoms with Gasteiger partial charge in [-0.1, -0.05) is 31.2 Å². The van der Waals surface area contributed by atoms with E-state index >= 15 is 0 Å². The number of H-pyrrole nitrogens is 1. The fourth-order valence-corrected chi connectivity index (χ4v) is 3.33. The molecule has 1 aromatic heterocycles. The topological polar surface area (TPSA) is 65.2 Å². The van der Waals surface area contributed by atoms with Crippen LogP contribution in [0.3, 0.4) is 0 Å². The minimum Gasteiger partial charge on any atom is -0.329 e. The number of pyridine rings is 1. The van der Waals surface area contributed by atoms with Crippen LogP contribution in [-0.4, -0.2) is 17.6 Å². The van der Waals surface area contributed by atoms with Gasteiger partial charge in [0.2, 0.25) is 0 Å². The lowest BCUT2D eigenvalue weighted by Gasteiger charge is -2.19. The number of carbonyl (C=O) groups is 1. The number of aromatic amines is 1. The number of fused-ring (bicyclic) bond motifs is 2. The third kappa shape index (κ3) is 2.25. The minimum absolute atomic E-state index is 0.163. The number of rotatable bonds is 1. The maximum atomic E-state index is 12.8. The number of anilines is 2. The van der Waals surface area contributed by atoms with E-state index in [1.807, 2.05) is 24.3 Å². The summed E-state index contributed by atoms with van der Waals surface area (Å²) in [7, 11) is 0. The minimum atomic E-state index is -0.181. The van der Waals surface area contributed by atoms with Crippen molar-refractivity contribution >= 4 is 28.2 Å². The molecule has 1 aliphatic heterocycles. The van der Waals surface area contributed by atoms with Crippen LogP contribution in [-0.2, 0) is 0 Å². The van der Waals surface area contributed by atoms with Crippen LogP contribution in [0.15, 0.2) is 59.5 Å². The number of amides is 2. The maximum absolute atomic E-state index is 12.8. The van der Waals surface area contributed by atoms with Crippen LogP contribution < -0.4 is 15.8 Å². The first kappa shape index (κ1) is 14.5. The number of urea groups is 1. The van der Waals surface area contributed by atoms with E-state index < -0.39 is 0 Å². The van der Waals surface area contributed by atoms with Gasteiger partial charge in [0.15, 0.2) is 0 Å². The van der Waals surface area contributed by atoms with Gasteiger partial charge in [0, 0.05) is 35.1 Å². The zero-order valence-corrected chi connectivity index (χ0v) is 13.2. The number of benzene rings is 2. The van der Waals surface area contributed by atoms with Crippen molar-refractivity contribution in [3.8, 4) is 0 Å². The van der Waals surface area contributed by atoms with Crippen LogP contribution in [0.5, 0.6) is 0 Å². The zero-order valence-electron chi connectivity index (χ0n) is 13.2. The molecule has 5 heteroatoms. The van der Waals surface area contributed by atoms with Gasteiger partial charge in [-0.25, -0.2) is 4.79 Å². The number of aromatic nitrogens is 1. The van der Waals surface area contributed by atoms with Gasteiger partial charge in [0.1, 0.15) is 0 Å². The number of carbonyl (C=O) groups excluding carboxylic acids is 1. The second kappa shape index (κ2) is 5.53. The van der Waals surface area contributed by atoms with E-state index in [-0.39, 0.29) is 11.6 Å². The van der Waals surface area contributed by atoms with Gasteiger partial charge in [-0.15, -0.1) is 0 Å². The van der Waals surface area contributed by atoms with E-state index in [4.69, 9.17) is 0 Å². The van der Waals surface area contributed by atoms with Crippen LogP contribution in [0.1, 0.15) is 18.4 Å². The average molecular weight is 319 g/mol. The van der Waals surface area contributed by atoms with E-state index in [2.05, 4.69) is 23.3 Å². The van der Waals surface area contributed by atoms with Gasteiger partial charge in [0.05, 0.1) is 5.69 Å². The Labute approximate surface area is 138 Å². The van der Waals surface area contributed by atoms with Crippen LogP contribution >= 0.6 is 0 Å². The summed E-state index contributed by atoms with van der Waals surface area (Å²) < 4.78 is 0. The Morgan fingerprint density at radius 3 is 2.83 bits per heavy atom. The third-order valence-electron chi connectivity index (χ3n) is 4.52. The summed E-state index contributed by atoms with van der Waals surface area (Å²) in [5.74, 6) is 0.308. The van der Waals surface area contributed by atoms with Gasteiger partial charge < -0.3 is 10.3 Å². The van der Waals surface area contributed by atoms with Crippen LogP contribution in [0.4, 0.5) is 16.2 Å². The molecule has 2 amide bonds. The van der Waals surface area contributed by atoms with Crippen molar-refractivity contribution in [3.05, 3.63) is 70.6 Å². The second-order valence-corrected chi connectivity index (χ2v) is 6.07. The molecule has 2 heterocycles. The first-order valence-corrected chi connectivity index (χ1v) is 7.93. The molecular formula is C19H17N3O2. The van der Waals surface area contributed by atoms with E-state index in [0.29, 0.717) is 23.5 Å². The number of nitrogens with zero attached hydrogens (tertiary/aromatic N) is 1. The Bertz CT molecular complexity index is 993. The molecule has 1 aliphatic rings. The molecule has 0 fully saturated rings. The van der Waals surface area contributed by atoms with Gasteiger partial charge in [-0.05, 0) is 29.8 Å². The molecule has 3 aromatic rings. The molecule has 0 spiro atoms. The van der Waals surface area contributed by atoms with Crippen LogP contribution in [0.2, 0.25) is 0 Å². The summed E-state index contributed by atoms with van der Waals surface area (Å²) in [5.41, 5.74) is 2.60. The standard InChI is InChI=1S/C19H17N3O2/c1-12-11-22(17-8-3-2-5-13(12)17)19(24)21-16-7-4-6-15-14(16)9-10-20-18(15)23/h2-10,12H,11H2,1H3,(H,20,23)(H,21,24). The molecule has 24 heavy (non-hydrogen) atoms. The number of nitrogens with one attached hydrogen (secondary N) is 2. The third-order valence-corrected chi connectivity index (χ3v) is 4.52. The maximum Gasteiger partial charge on any atom is 0.326 e. The number of hydrogen-bond acceptors (Lipinski definition) is 2. The molecule has 2 N–H and O–H groups in total. The Kier molecular flexibility index (Phi) is 3.34. The van der Waals surface area contributed by atoms with Gasteiger partial charge in [-0.3, -0.25) is 9.69 Å². The summed E-state index contributed by atoms with van der Waals surface area (Å²) in [6, 6.07) is 14.9. The van der Waals surface area contributed by atoms with E-state index in [9.17, 15) is 9.59 Å². The lowest BCUT2D eigenvalue weighted by atomic mass is 10.0. The summed E-state index contributed by atoms with van der Waals surface area (Å²) in [4.78, 5) is 29.1. The van der Waals surface area contributed by atoms with Crippen LogP contribution in [0, 0.1) is 0 Å². The second-order valence-electron chi connectivity index (χ2n) is 6.07. The monoisotopic (exact) mass is 319 g/mol. The molecule has 0 bridgehead atoms. The molecule has 4 rings (SSSR count). The van der Waals surface area contributed by atoms with E-state index in [1.165, 1.54) is 5.56 Å². The quantitative estimate of drug-likeness (QED) is 0.718. The predicted molar refractivity (Wildman–Crippen MR) is 95.8 cm³/mol. The first-order chi connectivity index (χ1) is 11.6. The zero-order chi connectivity index (χ0) is 16.7. The fraction of sp³-hybridized carbons (Fsp3) is 0.158. The fourth-order valence-electron chi connectivity index (χ4n) is 3.33. The molecule has 0 aliphatic carbocycles. The lowest BCUT2D eigenvalue weighted by Crippen LogP contribution is -2.33. The highest BCUT2D eigenvalue weighted by Gasteiger charge is 2.29. The number of para-hydroxylation sites is 1. The van der Waals surface area contributed by atoms with E-state index in [0.717, 1.165) is 11.1 Å². The molecule has 2 aromatic carbocycles. The normalized spacial score (nSPS) is 16.2. The largest absolute Gasteiger partial charge is 0.329 e. The van der Waals surface area contributed by atoms with Gasteiger partial charge in [0.25, 0.3) is 5.56 Å². The SMILES string of the molecule is CC1CN(C(=O)Nc2cccc3c(=O)[nH]ccc23)c2ccccc21. The van der Waals surface area contributed by atoms with Crippen LogP contribution in [0.25, 0.3) is 10.8 Å². The Balaban J connectivity index is 1.69. The highest BCUT2D eigenvalue weighted by Crippen LogP contribution is 2.36. The average Bonchev–Trinajstić information content (AvgIpc) is 2.93. The van der Waals surface area contributed by atoms with Crippen molar-refractivity contribution in [2.75, 3.05) is 16.8 Å².